The largest absolute Gasteiger partial charge is 0.405 e. The highest BCUT2D eigenvalue weighted by Gasteiger charge is 2.27. The molecule has 1 atom stereocenters. The van der Waals surface area contributed by atoms with Crippen molar-refractivity contribution >= 4 is 5.91 Å². The Morgan fingerprint density at radius 2 is 1.81 bits per heavy atom. The van der Waals surface area contributed by atoms with Crippen LogP contribution in [-0.2, 0) is 4.79 Å². The maximum atomic E-state index is 11.7. The van der Waals surface area contributed by atoms with E-state index < -0.39 is 18.6 Å². The van der Waals surface area contributed by atoms with Crippen LogP contribution in [0, 0.1) is 11.8 Å². The van der Waals surface area contributed by atoms with E-state index in [1.807, 2.05) is 6.92 Å². The average molecular weight is 240 g/mol. The van der Waals surface area contributed by atoms with Crippen molar-refractivity contribution in [1.82, 2.24) is 10.6 Å². The van der Waals surface area contributed by atoms with Gasteiger partial charge in [0.1, 0.15) is 6.54 Å². The summed E-state index contributed by atoms with van der Waals surface area (Å²) >= 11 is 0. The van der Waals surface area contributed by atoms with Crippen LogP contribution in [0.2, 0.25) is 0 Å². The van der Waals surface area contributed by atoms with Gasteiger partial charge in [0, 0.05) is 0 Å². The number of alkyl halides is 3. The number of hydrogen-bond acceptors (Lipinski definition) is 2. The van der Waals surface area contributed by atoms with E-state index in [4.69, 9.17) is 0 Å². The van der Waals surface area contributed by atoms with Gasteiger partial charge in [-0.15, -0.1) is 0 Å². The minimum absolute atomic E-state index is 0.0763. The summed E-state index contributed by atoms with van der Waals surface area (Å²) in [5.41, 5.74) is 0. The zero-order valence-electron chi connectivity index (χ0n) is 9.82. The Morgan fingerprint density at radius 1 is 1.25 bits per heavy atom. The molecule has 0 heterocycles. The lowest BCUT2D eigenvalue weighted by Gasteiger charge is -2.16. The first kappa shape index (κ1) is 15.2. The van der Waals surface area contributed by atoms with Crippen LogP contribution < -0.4 is 10.6 Å². The van der Waals surface area contributed by atoms with E-state index in [-0.39, 0.29) is 6.54 Å². The minimum atomic E-state index is -4.35. The quantitative estimate of drug-likeness (QED) is 0.739. The molecule has 0 spiro atoms. The molecule has 16 heavy (non-hydrogen) atoms. The molecule has 0 rings (SSSR count). The summed E-state index contributed by atoms with van der Waals surface area (Å²) in [6, 6.07) is 0. The van der Waals surface area contributed by atoms with Crippen LogP contribution in [0.1, 0.15) is 20.8 Å². The van der Waals surface area contributed by atoms with E-state index >= 15 is 0 Å². The summed E-state index contributed by atoms with van der Waals surface area (Å²) in [5.74, 6) is 0.231. The molecule has 96 valence electrons. The van der Waals surface area contributed by atoms with Gasteiger partial charge in [-0.05, 0) is 18.4 Å². The van der Waals surface area contributed by atoms with Crippen molar-refractivity contribution in [1.29, 1.82) is 0 Å². The molecule has 0 fully saturated rings. The Balaban J connectivity index is 3.59. The van der Waals surface area contributed by atoms with E-state index in [1.54, 1.807) is 5.32 Å². The second-order valence-corrected chi connectivity index (χ2v) is 4.24. The smallest absolute Gasteiger partial charge is 0.346 e. The summed E-state index contributed by atoms with van der Waals surface area (Å²) in [7, 11) is 0. The van der Waals surface area contributed by atoms with Crippen molar-refractivity contribution in [2.75, 3.05) is 19.6 Å². The number of hydrogen-bond donors (Lipinski definition) is 2. The standard InChI is InChI=1S/C10H19F3N2O/c1-7(2)8(3)4-14-5-9(16)15-6-10(11,12)13/h7-8,14H,4-6H2,1-3H3,(H,15,16). The van der Waals surface area contributed by atoms with E-state index in [1.165, 1.54) is 0 Å². The monoisotopic (exact) mass is 240 g/mol. The molecule has 0 radical (unpaired) electrons. The van der Waals surface area contributed by atoms with Crippen molar-refractivity contribution < 1.29 is 18.0 Å². The van der Waals surface area contributed by atoms with Gasteiger partial charge in [0.15, 0.2) is 0 Å². The SMILES string of the molecule is CC(C)C(C)CNCC(=O)NCC(F)(F)F. The van der Waals surface area contributed by atoms with Crippen molar-refractivity contribution in [3.05, 3.63) is 0 Å². The van der Waals surface area contributed by atoms with Crippen LogP contribution in [0.3, 0.4) is 0 Å². The van der Waals surface area contributed by atoms with Crippen molar-refractivity contribution in [3.8, 4) is 0 Å². The molecule has 0 bridgehead atoms. The molecule has 0 saturated carbocycles. The van der Waals surface area contributed by atoms with Gasteiger partial charge in [-0.3, -0.25) is 4.79 Å². The van der Waals surface area contributed by atoms with Gasteiger partial charge >= 0.3 is 6.18 Å². The van der Waals surface area contributed by atoms with Crippen LogP contribution in [-0.4, -0.2) is 31.7 Å². The fourth-order valence-corrected chi connectivity index (χ4v) is 0.910. The minimum Gasteiger partial charge on any atom is -0.346 e. The van der Waals surface area contributed by atoms with Gasteiger partial charge in [-0.25, -0.2) is 0 Å². The summed E-state index contributed by atoms with van der Waals surface area (Å²) in [6.45, 7) is 5.40. The molecule has 1 amide bonds. The number of halogens is 3. The Kier molecular flexibility index (Phi) is 6.40. The fraction of sp³-hybridized carbons (Fsp3) is 0.900. The molecule has 0 aromatic heterocycles. The predicted octanol–water partition coefficient (Wildman–Crippen LogP) is 1.55. The third-order valence-electron chi connectivity index (χ3n) is 2.38. The maximum Gasteiger partial charge on any atom is 0.405 e. The normalized spacial score (nSPS) is 13.9. The fourth-order valence-electron chi connectivity index (χ4n) is 0.910. The first-order valence-corrected chi connectivity index (χ1v) is 5.26. The molecule has 2 N–H and O–H groups in total. The van der Waals surface area contributed by atoms with Crippen LogP contribution >= 0.6 is 0 Å². The zero-order valence-corrected chi connectivity index (χ0v) is 9.82. The second kappa shape index (κ2) is 6.73. The first-order chi connectivity index (χ1) is 7.22. The molecule has 0 aliphatic carbocycles. The zero-order chi connectivity index (χ0) is 12.8. The highest BCUT2D eigenvalue weighted by Crippen LogP contribution is 2.11. The molecule has 0 saturated heterocycles. The molecule has 0 aromatic rings. The van der Waals surface area contributed by atoms with Crippen LogP contribution in [0.15, 0.2) is 0 Å². The third kappa shape index (κ3) is 8.52. The number of rotatable bonds is 6. The summed E-state index contributed by atoms with van der Waals surface area (Å²) in [4.78, 5) is 11.0. The number of amides is 1. The van der Waals surface area contributed by atoms with Gasteiger partial charge in [-0.2, -0.15) is 13.2 Å². The van der Waals surface area contributed by atoms with Crippen LogP contribution in [0.25, 0.3) is 0 Å². The van der Waals surface area contributed by atoms with E-state index in [0.29, 0.717) is 18.4 Å². The molecule has 1 unspecified atom stereocenters. The molecular weight excluding hydrogens is 221 g/mol. The molecule has 0 aromatic carbocycles. The lowest BCUT2D eigenvalue weighted by atomic mass is 9.98. The first-order valence-electron chi connectivity index (χ1n) is 5.26. The number of nitrogens with one attached hydrogen (secondary N) is 2. The third-order valence-corrected chi connectivity index (χ3v) is 2.38. The topological polar surface area (TPSA) is 41.1 Å². The van der Waals surface area contributed by atoms with Crippen LogP contribution in [0.5, 0.6) is 0 Å². The molecule has 6 heteroatoms. The molecule has 0 aliphatic heterocycles. The van der Waals surface area contributed by atoms with E-state index in [2.05, 4.69) is 19.2 Å². The van der Waals surface area contributed by atoms with Gasteiger partial charge in [0.2, 0.25) is 5.91 Å². The van der Waals surface area contributed by atoms with Crippen molar-refractivity contribution in [2.45, 2.75) is 26.9 Å². The summed E-state index contributed by atoms with van der Waals surface area (Å²) in [5, 5.41) is 4.62. The van der Waals surface area contributed by atoms with Crippen molar-refractivity contribution in [3.63, 3.8) is 0 Å². The number of carbonyl (C=O) groups excluding carboxylic acids is 1. The molecule has 0 aliphatic rings. The Bertz CT molecular complexity index is 217. The molecule has 3 nitrogen and oxygen atoms in total. The van der Waals surface area contributed by atoms with Gasteiger partial charge in [0.05, 0.1) is 6.54 Å². The van der Waals surface area contributed by atoms with Gasteiger partial charge in [-0.1, -0.05) is 20.8 Å². The molecular formula is C10H19F3N2O. The Morgan fingerprint density at radius 3 is 2.25 bits per heavy atom. The predicted molar refractivity (Wildman–Crippen MR) is 55.9 cm³/mol. The maximum absolute atomic E-state index is 11.7. The lowest BCUT2D eigenvalue weighted by Crippen LogP contribution is -2.40. The summed E-state index contributed by atoms with van der Waals surface area (Å²) < 4.78 is 35.2. The highest BCUT2D eigenvalue weighted by atomic mass is 19.4. The van der Waals surface area contributed by atoms with E-state index in [9.17, 15) is 18.0 Å². The second-order valence-electron chi connectivity index (χ2n) is 4.24. The van der Waals surface area contributed by atoms with Gasteiger partial charge < -0.3 is 10.6 Å². The van der Waals surface area contributed by atoms with Gasteiger partial charge in [0.25, 0.3) is 0 Å². The lowest BCUT2D eigenvalue weighted by molar-refractivity contribution is -0.137. The van der Waals surface area contributed by atoms with Crippen molar-refractivity contribution in [2.24, 2.45) is 11.8 Å². The highest BCUT2D eigenvalue weighted by molar-refractivity contribution is 5.77. The van der Waals surface area contributed by atoms with Crippen LogP contribution in [0.4, 0.5) is 13.2 Å². The average Bonchev–Trinajstić information content (AvgIpc) is 2.13. The van der Waals surface area contributed by atoms with E-state index in [0.717, 1.165) is 0 Å². The number of carbonyl (C=O) groups is 1. The summed E-state index contributed by atoms with van der Waals surface area (Å²) in [6.07, 6.45) is -4.35. The Labute approximate surface area is 93.8 Å². The Hall–Kier alpha value is -0.780.